The van der Waals surface area contributed by atoms with Crippen LogP contribution in [0, 0.1) is 0 Å². The molecule has 0 bridgehead atoms. The van der Waals surface area contributed by atoms with Gasteiger partial charge in [0.15, 0.2) is 0 Å². The van der Waals surface area contributed by atoms with E-state index < -0.39 is 0 Å². The van der Waals surface area contributed by atoms with E-state index in [0.717, 1.165) is 54.3 Å². The van der Waals surface area contributed by atoms with Crippen molar-refractivity contribution in [1.29, 1.82) is 0 Å². The summed E-state index contributed by atoms with van der Waals surface area (Å²) >= 11 is 0. The monoisotopic (exact) mass is 426 g/mol. The van der Waals surface area contributed by atoms with Crippen LogP contribution in [0.25, 0.3) is 16.7 Å². The summed E-state index contributed by atoms with van der Waals surface area (Å²) in [6, 6.07) is 19.6. The number of nitrogens with one attached hydrogen (secondary N) is 1. The summed E-state index contributed by atoms with van der Waals surface area (Å²) in [7, 11) is 2.14. The fourth-order valence-electron chi connectivity index (χ4n) is 4.00. The Hall–Kier alpha value is -3.71. The Balaban J connectivity index is 1.23. The van der Waals surface area contributed by atoms with Gasteiger partial charge in [-0.1, -0.05) is 12.1 Å². The third kappa shape index (κ3) is 4.20. The molecule has 0 aliphatic carbocycles. The molecule has 7 nitrogen and oxygen atoms in total. The lowest BCUT2D eigenvalue weighted by molar-refractivity contribution is 0.0951. The third-order valence-corrected chi connectivity index (χ3v) is 5.95. The van der Waals surface area contributed by atoms with E-state index in [2.05, 4.69) is 38.2 Å². The highest BCUT2D eigenvalue weighted by Crippen LogP contribution is 2.19. The molecule has 0 spiro atoms. The standard InChI is InChI=1S/C25H26N6O/c1-29-12-14-30(15-13-29)24-16-19(10-11-26-24)17-27-25(32)20-6-8-21(9-7-20)31-18-28-22-4-2-3-5-23(22)31/h2-11,16,18H,12-15,17H2,1H3,(H,27,32). The molecule has 1 amide bonds. The third-order valence-electron chi connectivity index (χ3n) is 5.95. The van der Waals surface area contributed by atoms with Crippen molar-refractivity contribution in [3.05, 3.63) is 84.3 Å². The fraction of sp³-hybridized carbons (Fsp3) is 0.240. The summed E-state index contributed by atoms with van der Waals surface area (Å²) in [5, 5.41) is 3.02. The average Bonchev–Trinajstić information content (AvgIpc) is 3.27. The van der Waals surface area contributed by atoms with Gasteiger partial charge in [-0.15, -0.1) is 0 Å². The van der Waals surface area contributed by atoms with Gasteiger partial charge in [-0.05, 0) is 61.1 Å². The van der Waals surface area contributed by atoms with Gasteiger partial charge < -0.3 is 15.1 Å². The number of hydrogen-bond donors (Lipinski definition) is 1. The number of aromatic nitrogens is 3. The maximum Gasteiger partial charge on any atom is 0.251 e. The van der Waals surface area contributed by atoms with Crippen LogP contribution in [0.15, 0.2) is 73.2 Å². The predicted octanol–water partition coefficient (Wildman–Crippen LogP) is 3.10. The van der Waals surface area contributed by atoms with Crippen molar-refractivity contribution >= 4 is 22.8 Å². The smallest absolute Gasteiger partial charge is 0.251 e. The zero-order chi connectivity index (χ0) is 21.9. The second-order valence-corrected chi connectivity index (χ2v) is 8.15. The number of piperazine rings is 1. The van der Waals surface area contributed by atoms with Crippen LogP contribution in [0.3, 0.4) is 0 Å². The molecular weight excluding hydrogens is 400 g/mol. The summed E-state index contributed by atoms with van der Waals surface area (Å²) in [5.74, 6) is 0.881. The van der Waals surface area contributed by atoms with Crippen LogP contribution in [0.5, 0.6) is 0 Å². The molecular formula is C25H26N6O. The molecule has 2 aromatic heterocycles. The maximum absolute atomic E-state index is 12.7. The van der Waals surface area contributed by atoms with E-state index in [-0.39, 0.29) is 5.91 Å². The number of carbonyl (C=O) groups excluding carboxylic acids is 1. The number of nitrogens with zero attached hydrogens (tertiary/aromatic N) is 5. The highest BCUT2D eigenvalue weighted by molar-refractivity contribution is 5.94. The minimum Gasteiger partial charge on any atom is -0.354 e. The van der Waals surface area contributed by atoms with E-state index in [1.165, 1.54) is 0 Å². The molecule has 32 heavy (non-hydrogen) atoms. The first-order valence-electron chi connectivity index (χ1n) is 10.9. The number of likely N-dealkylation sites (N-methyl/N-ethyl adjacent to an activating group) is 1. The molecule has 1 fully saturated rings. The molecule has 7 heteroatoms. The lowest BCUT2D eigenvalue weighted by atomic mass is 10.1. The maximum atomic E-state index is 12.7. The highest BCUT2D eigenvalue weighted by atomic mass is 16.1. The molecule has 5 rings (SSSR count). The Morgan fingerprint density at radius 3 is 2.56 bits per heavy atom. The van der Waals surface area contributed by atoms with E-state index >= 15 is 0 Å². The first-order chi connectivity index (χ1) is 15.7. The van der Waals surface area contributed by atoms with Crippen LogP contribution in [0.1, 0.15) is 15.9 Å². The van der Waals surface area contributed by atoms with Gasteiger partial charge in [-0.25, -0.2) is 9.97 Å². The van der Waals surface area contributed by atoms with Gasteiger partial charge in [0, 0.05) is 50.2 Å². The molecule has 0 unspecified atom stereocenters. The number of anilines is 1. The van der Waals surface area contributed by atoms with Gasteiger partial charge in [0.05, 0.1) is 11.0 Å². The van der Waals surface area contributed by atoms with E-state index in [4.69, 9.17) is 0 Å². The fourth-order valence-corrected chi connectivity index (χ4v) is 4.00. The largest absolute Gasteiger partial charge is 0.354 e. The summed E-state index contributed by atoms with van der Waals surface area (Å²) < 4.78 is 2.02. The van der Waals surface area contributed by atoms with Gasteiger partial charge in [0.25, 0.3) is 5.91 Å². The molecule has 4 aromatic rings. The number of fused-ring (bicyclic) bond motifs is 1. The van der Waals surface area contributed by atoms with Crippen molar-refractivity contribution in [2.24, 2.45) is 0 Å². The molecule has 1 N–H and O–H groups in total. The molecule has 0 atom stereocenters. The van der Waals surface area contributed by atoms with Crippen molar-refractivity contribution in [3.63, 3.8) is 0 Å². The van der Waals surface area contributed by atoms with Gasteiger partial charge in [0.2, 0.25) is 0 Å². The summed E-state index contributed by atoms with van der Waals surface area (Å²) in [6.45, 7) is 4.48. The second-order valence-electron chi connectivity index (χ2n) is 8.15. The zero-order valence-corrected chi connectivity index (χ0v) is 18.1. The molecule has 162 valence electrons. The minimum absolute atomic E-state index is 0.0926. The van der Waals surface area contributed by atoms with E-state index in [1.54, 1.807) is 6.33 Å². The molecule has 2 aromatic carbocycles. The molecule has 1 saturated heterocycles. The Kier molecular flexibility index (Phi) is 5.56. The number of rotatable bonds is 5. The number of pyridine rings is 1. The number of carbonyl (C=O) groups is 1. The van der Waals surface area contributed by atoms with E-state index in [9.17, 15) is 4.79 Å². The summed E-state index contributed by atoms with van der Waals surface area (Å²) in [6.07, 6.45) is 3.63. The van der Waals surface area contributed by atoms with Gasteiger partial charge in [-0.2, -0.15) is 0 Å². The Morgan fingerprint density at radius 2 is 1.75 bits per heavy atom. The van der Waals surface area contributed by atoms with E-state index in [1.807, 2.05) is 65.4 Å². The topological polar surface area (TPSA) is 66.3 Å². The van der Waals surface area contributed by atoms with Crippen LogP contribution in [0.4, 0.5) is 5.82 Å². The minimum atomic E-state index is -0.0926. The number of imidazole rings is 1. The Labute approximate surface area is 187 Å². The first-order valence-corrected chi connectivity index (χ1v) is 10.9. The van der Waals surface area contributed by atoms with Crippen LogP contribution in [0.2, 0.25) is 0 Å². The first kappa shape index (κ1) is 20.2. The van der Waals surface area contributed by atoms with Crippen molar-refractivity contribution in [3.8, 4) is 5.69 Å². The number of hydrogen-bond acceptors (Lipinski definition) is 5. The Morgan fingerprint density at radius 1 is 0.969 bits per heavy atom. The van der Waals surface area contributed by atoms with Crippen molar-refractivity contribution < 1.29 is 4.79 Å². The highest BCUT2D eigenvalue weighted by Gasteiger charge is 2.15. The van der Waals surface area contributed by atoms with Crippen molar-refractivity contribution in [2.75, 3.05) is 38.1 Å². The molecule has 3 heterocycles. The van der Waals surface area contributed by atoms with Crippen LogP contribution in [-0.2, 0) is 6.54 Å². The van der Waals surface area contributed by atoms with E-state index in [0.29, 0.717) is 12.1 Å². The summed E-state index contributed by atoms with van der Waals surface area (Å²) in [5.41, 5.74) is 4.64. The SMILES string of the molecule is CN1CCN(c2cc(CNC(=O)c3ccc(-n4cnc5ccccc54)cc3)ccn2)CC1. The predicted molar refractivity (Wildman–Crippen MR) is 126 cm³/mol. The molecule has 0 saturated carbocycles. The van der Waals surface area contributed by atoms with Gasteiger partial charge in [-0.3, -0.25) is 9.36 Å². The van der Waals surface area contributed by atoms with Gasteiger partial charge >= 0.3 is 0 Å². The van der Waals surface area contributed by atoms with Crippen LogP contribution < -0.4 is 10.2 Å². The lowest BCUT2D eigenvalue weighted by Crippen LogP contribution is -2.44. The van der Waals surface area contributed by atoms with Crippen LogP contribution >= 0.6 is 0 Å². The second kappa shape index (κ2) is 8.80. The average molecular weight is 427 g/mol. The van der Waals surface area contributed by atoms with Gasteiger partial charge in [0.1, 0.15) is 12.1 Å². The molecule has 1 aliphatic rings. The van der Waals surface area contributed by atoms with Crippen LogP contribution in [-0.4, -0.2) is 58.6 Å². The Bertz CT molecular complexity index is 1220. The van der Waals surface area contributed by atoms with Crippen molar-refractivity contribution in [2.45, 2.75) is 6.54 Å². The number of para-hydroxylation sites is 2. The lowest BCUT2D eigenvalue weighted by Gasteiger charge is -2.33. The quantitative estimate of drug-likeness (QED) is 0.531. The molecule has 1 aliphatic heterocycles. The zero-order valence-electron chi connectivity index (χ0n) is 18.1. The number of amides is 1. The van der Waals surface area contributed by atoms with Crippen molar-refractivity contribution in [1.82, 2.24) is 24.8 Å². The summed E-state index contributed by atoms with van der Waals surface area (Å²) in [4.78, 5) is 26.3. The normalized spacial score (nSPS) is 14.6. The molecule has 0 radical (unpaired) electrons. The number of benzene rings is 2.